The van der Waals surface area contributed by atoms with Crippen LogP contribution >= 0.6 is 12.4 Å². The van der Waals surface area contributed by atoms with Crippen molar-refractivity contribution in [3.63, 3.8) is 0 Å². The summed E-state index contributed by atoms with van der Waals surface area (Å²) in [4.78, 5) is 15.3. The fraction of sp³-hybridized carbons (Fsp3) is 0.435. The van der Waals surface area contributed by atoms with Gasteiger partial charge in [-0.3, -0.25) is 4.79 Å². The summed E-state index contributed by atoms with van der Waals surface area (Å²) < 4.78 is 10.9. The second kappa shape index (κ2) is 9.40. The molecule has 2 aliphatic rings. The van der Waals surface area contributed by atoms with Crippen molar-refractivity contribution in [3.05, 3.63) is 53.6 Å². The van der Waals surface area contributed by atoms with E-state index in [1.807, 2.05) is 42.5 Å². The standard InChI is InChI=1S/C23H28N2O3.ClH/c1-16-2-9-20(10-3-16)25(23(26)13-17-4-7-19(24)8-5-17)14-18-6-11-21-22(12-18)28-15-27-21;/h4-8,11-12,16,20H,2-3,9-10,13-15,24H2,1H3;1H. The first kappa shape index (κ1) is 21.3. The van der Waals surface area contributed by atoms with Crippen molar-refractivity contribution in [2.24, 2.45) is 5.92 Å². The third-order valence-electron chi connectivity index (χ3n) is 5.87. The number of halogens is 1. The molecular formula is C23H29ClN2O3. The van der Waals surface area contributed by atoms with Crippen LogP contribution in [0.25, 0.3) is 0 Å². The van der Waals surface area contributed by atoms with Crippen LogP contribution in [-0.2, 0) is 17.8 Å². The summed E-state index contributed by atoms with van der Waals surface area (Å²) in [5.41, 5.74) is 8.57. The molecule has 1 amide bonds. The van der Waals surface area contributed by atoms with E-state index >= 15 is 0 Å². The topological polar surface area (TPSA) is 64.8 Å². The number of rotatable bonds is 5. The van der Waals surface area contributed by atoms with Gasteiger partial charge in [0, 0.05) is 18.3 Å². The van der Waals surface area contributed by atoms with Crippen molar-refractivity contribution in [1.29, 1.82) is 0 Å². The minimum absolute atomic E-state index is 0. The molecule has 1 fully saturated rings. The van der Waals surface area contributed by atoms with E-state index in [0.29, 0.717) is 19.0 Å². The van der Waals surface area contributed by atoms with E-state index in [1.165, 1.54) is 12.8 Å². The van der Waals surface area contributed by atoms with Crippen molar-refractivity contribution in [2.45, 2.75) is 51.6 Å². The normalized spacial score (nSPS) is 20.0. The number of fused-ring (bicyclic) bond motifs is 1. The largest absolute Gasteiger partial charge is 0.454 e. The van der Waals surface area contributed by atoms with Gasteiger partial charge >= 0.3 is 0 Å². The van der Waals surface area contributed by atoms with Crippen LogP contribution in [0.4, 0.5) is 5.69 Å². The number of benzene rings is 2. The van der Waals surface area contributed by atoms with Crippen LogP contribution in [0.1, 0.15) is 43.7 Å². The Morgan fingerprint density at radius 1 is 1.00 bits per heavy atom. The predicted molar refractivity (Wildman–Crippen MR) is 116 cm³/mol. The molecule has 1 saturated carbocycles. The Hall–Kier alpha value is -2.40. The highest BCUT2D eigenvalue weighted by atomic mass is 35.5. The summed E-state index contributed by atoms with van der Waals surface area (Å²) in [5.74, 6) is 2.45. The number of nitrogen functional groups attached to an aromatic ring is 1. The van der Waals surface area contributed by atoms with Gasteiger partial charge in [-0.2, -0.15) is 0 Å². The van der Waals surface area contributed by atoms with Gasteiger partial charge in [0.25, 0.3) is 0 Å². The number of carbonyl (C=O) groups excluding carboxylic acids is 1. The van der Waals surface area contributed by atoms with Gasteiger partial charge < -0.3 is 20.1 Å². The molecule has 6 heteroatoms. The number of hydrogen-bond donors (Lipinski definition) is 1. The average molecular weight is 417 g/mol. The minimum Gasteiger partial charge on any atom is -0.454 e. The van der Waals surface area contributed by atoms with Gasteiger partial charge in [-0.15, -0.1) is 12.4 Å². The maximum Gasteiger partial charge on any atom is 0.231 e. The molecule has 0 aromatic heterocycles. The highest BCUT2D eigenvalue weighted by Gasteiger charge is 2.28. The minimum atomic E-state index is 0. The fourth-order valence-electron chi connectivity index (χ4n) is 4.12. The SMILES string of the molecule is CC1CCC(N(Cc2ccc3c(c2)OCO3)C(=O)Cc2ccc(N)cc2)CC1.Cl. The predicted octanol–water partition coefficient (Wildman–Crippen LogP) is 4.57. The van der Waals surface area contributed by atoms with Crippen LogP contribution in [0, 0.1) is 5.92 Å². The summed E-state index contributed by atoms with van der Waals surface area (Å²) in [6, 6.07) is 13.8. The molecule has 2 aromatic rings. The highest BCUT2D eigenvalue weighted by molar-refractivity contribution is 5.85. The number of carbonyl (C=O) groups is 1. The molecule has 0 bridgehead atoms. The molecule has 4 rings (SSSR count). The summed E-state index contributed by atoms with van der Waals surface area (Å²) in [5, 5.41) is 0. The van der Waals surface area contributed by atoms with Crippen LogP contribution in [0.5, 0.6) is 11.5 Å². The molecule has 1 heterocycles. The molecular weight excluding hydrogens is 388 g/mol. The first-order chi connectivity index (χ1) is 13.6. The second-order valence-electron chi connectivity index (χ2n) is 8.04. The summed E-state index contributed by atoms with van der Waals surface area (Å²) in [6.45, 7) is 3.16. The lowest BCUT2D eigenvalue weighted by molar-refractivity contribution is -0.134. The van der Waals surface area contributed by atoms with E-state index in [2.05, 4.69) is 11.8 Å². The van der Waals surface area contributed by atoms with Gasteiger partial charge in [0.15, 0.2) is 11.5 Å². The molecule has 2 aromatic carbocycles. The molecule has 29 heavy (non-hydrogen) atoms. The number of nitrogens with zero attached hydrogens (tertiary/aromatic N) is 1. The lowest BCUT2D eigenvalue weighted by Crippen LogP contribution is -2.42. The Kier molecular flexibility index (Phi) is 6.91. The van der Waals surface area contributed by atoms with E-state index in [9.17, 15) is 4.79 Å². The molecule has 0 unspecified atom stereocenters. The quantitative estimate of drug-likeness (QED) is 0.725. The number of hydrogen-bond acceptors (Lipinski definition) is 4. The summed E-state index contributed by atoms with van der Waals surface area (Å²) in [7, 11) is 0. The van der Waals surface area contributed by atoms with E-state index in [0.717, 1.165) is 47.1 Å². The molecule has 0 saturated heterocycles. The van der Waals surface area contributed by atoms with Crippen molar-refractivity contribution in [1.82, 2.24) is 4.90 Å². The monoisotopic (exact) mass is 416 g/mol. The Bertz CT molecular complexity index is 833. The highest BCUT2D eigenvalue weighted by Crippen LogP contribution is 2.34. The summed E-state index contributed by atoms with van der Waals surface area (Å²) >= 11 is 0. The number of nitrogens with two attached hydrogens (primary N) is 1. The van der Waals surface area contributed by atoms with Crippen molar-refractivity contribution < 1.29 is 14.3 Å². The second-order valence-corrected chi connectivity index (χ2v) is 8.04. The van der Waals surface area contributed by atoms with Crippen molar-refractivity contribution in [3.8, 4) is 11.5 Å². The lowest BCUT2D eigenvalue weighted by atomic mass is 9.86. The average Bonchev–Trinajstić information content (AvgIpc) is 3.16. The number of amides is 1. The molecule has 156 valence electrons. The Labute approximate surface area is 178 Å². The third-order valence-corrected chi connectivity index (χ3v) is 5.87. The maximum atomic E-state index is 13.3. The zero-order valence-corrected chi connectivity index (χ0v) is 17.6. The Morgan fingerprint density at radius 2 is 1.66 bits per heavy atom. The van der Waals surface area contributed by atoms with Crippen LogP contribution in [0.2, 0.25) is 0 Å². The maximum absolute atomic E-state index is 13.3. The van der Waals surface area contributed by atoms with Crippen LogP contribution in [-0.4, -0.2) is 23.6 Å². The number of ether oxygens (including phenoxy) is 2. The van der Waals surface area contributed by atoms with Gasteiger partial charge in [-0.05, 0) is 67.0 Å². The van der Waals surface area contributed by atoms with Crippen molar-refractivity contribution in [2.75, 3.05) is 12.5 Å². The molecule has 5 nitrogen and oxygen atoms in total. The van der Waals surface area contributed by atoms with E-state index in [1.54, 1.807) is 0 Å². The number of anilines is 1. The fourth-order valence-corrected chi connectivity index (χ4v) is 4.12. The van der Waals surface area contributed by atoms with Crippen LogP contribution < -0.4 is 15.2 Å². The van der Waals surface area contributed by atoms with E-state index < -0.39 is 0 Å². The van der Waals surface area contributed by atoms with Gasteiger partial charge in [0.1, 0.15) is 0 Å². The molecule has 0 atom stereocenters. The van der Waals surface area contributed by atoms with Gasteiger partial charge in [0.05, 0.1) is 6.42 Å². The van der Waals surface area contributed by atoms with E-state index in [4.69, 9.17) is 15.2 Å². The van der Waals surface area contributed by atoms with Gasteiger partial charge in [-0.1, -0.05) is 25.1 Å². The van der Waals surface area contributed by atoms with Crippen LogP contribution in [0.3, 0.4) is 0 Å². The van der Waals surface area contributed by atoms with Gasteiger partial charge in [0.2, 0.25) is 12.7 Å². The first-order valence-electron chi connectivity index (χ1n) is 10.1. The van der Waals surface area contributed by atoms with E-state index in [-0.39, 0.29) is 25.1 Å². The zero-order valence-electron chi connectivity index (χ0n) is 16.8. The third kappa shape index (κ3) is 5.15. The molecule has 0 radical (unpaired) electrons. The molecule has 0 spiro atoms. The molecule has 2 N–H and O–H groups in total. The molecule has 1 aliphatic heterocycles. The lowest BCUT2D eigenvalue weighted by Gasteiger charge is -2.36. The first-order valence-corrected chi connectivity index (χ1v) is 10.1. The molecule has 1 aliphatic carbocycles. The smallest absolute Gasteiger partial charge is 0.231 e. The van der Waals surface area contributed by atoms with Crippen LogP contribution in [0.15, 0.2) is 42.5 Å². The Morgan fingerprint density at radius 3 is 2.38 bits per heavy atom. The summed E-state index contributed by atoms with van der Waals surface area (Å²) in [6.07, 6.45) is 4.89. The Balaban J connectivity index is 0.00000240. The van der Waals surface area contributed by atoms with Gasteiger partial charge in [-0.25, -0.2) is 0 Å². The van der Waals surface area contributed by atoms with Crippen molar-refractivity contribution >= 4 is 24.0 Å². The zero-order chi connectivity index (χ0) is 19.5.